The Hall–Kier alpha value is -1.14. The number of thiocarbonyl (C=S) groups is 1. The fourth-order valence-electron chi connectivity index (χ4n) is 1.43. The lowest BCUT2D eigenvalue weighted by atomic mass is 10.2. The Morgan fingerprint density at radius 3 is 2.72 bits per heavy atom. The van der Waals surface area contributed by atoms with E-state index in [4.69, 9.17) is 22.7 Å². The van der Waals surface area contributed by atoms with Crippen LogP contribution in [0.1, 0.15) is 12.5 Å². The Balaban J connectivity index is 2.81. The molecule has 6 heteroatoms. The highest BCUT2D eigenvalue weighted by atomic mass is 79.9. The molecule has 0 spiro atoms. The van der Waals surface area contributed by atoms with Crippen LogP contribution < -0.4 is 10.6 Å². The number of hydrogen-bond acceptors (Lipinski definition) is 4. The Bertz CT molecular complexity index is 465. The second-order valence-corrected chi connectivity index (χ2v) is 4.98. The average Bonchev–Trinajstić information content (AvgIpc) is 2.28. The highest BCUT2D eigenvalue weighted by Gasteiger charge is 2.10. The van der Waals surface area contributed by atoms with Crippen LogP contribution in [0.3, 0.4) is 0 Å². The van der Waals surface area contributed by atoms with E-state index in [1.807, 2.05) is 25.2 Å². The van der Waals surface area contributed by atoms with Crippen LogP contribution in [0.5, 0.6) is 0 Å². The van der Waals surface area contributed by atoms with Gasteiger partial charge in [0.25, 0.3) is 0 Å². The molecule has 0 saturated carbocycles. The number of nitrogens with two attached hydrogens (primary N) is 1. The van der Waals surface area contributed by atoms with Crippen molar-refractivity contribution in [3.63, 3.8) is 0 Å². The maximum atomic E-state index is 11.4. The number of likely N-dealkylation sites (N-methyl/N-ethyl adjacent to an activating group) is 1. The molecule has 0 aliphatic rings. The number of carbonyl (C=O) groups excluding carboxylic acids is 1. The summed E-state index contributed by atoms with van der Waals surface area (Å²) in [4.78, 5) is 13.5. The van der Waals surface area contributed by atoms with Crippen molar-refractivity contribution in [1.82, 2.24) is 0 Å². The summed E-state index contributed by atoms with van der Waals surface area (Å²) in [5.74, 6) is -0.255. The van der Waals surface area contributed by atoms with Crippen LogP contribution in [0.15, 0.2) is 22.7 Å². The third-order valence-electron chi connectivity index (χ3n) is 2.33. The van der Waals surface area contributed by atoms with E-state index in [-0.39, 0.29) is 12.5 Å². The van der Waals surface area contributed by atoms with E-state index >= 15 is 0 Å². The van der Waals surface area contributed by atoms with Gasteiger partial charge in [0.15, 0.2) is 0 Å². The van der Waals surface area contributed by atoms with Crippen molar-refractivity contribution in [1.29, 1.82) is 0 Å². The van der Waals surface area contributed by atoms with Crippen LogP contribution in [0.2, 0.25) is 0 Å². The maximum Gasteiger partial charge on any atom is 0.325 e. The molecule has 2 N–H and O–H groups in total. The van der Waals surface area contributed by atoms with E-state index in [1.165, 1.54) is 0 Å². The molecule has 0 unspecified atom stereocenters. The quantitative estimate of drug-likeness (QED) is 0.661. The van der Waals surface area contributed by atoms with Gasteiger partial charge in [-0.05, 0) is 41.1 Å². The summed E-state index contributed by atoms with van der Waals surface area (Å²) < 4.78 is 5.70. The van der Waals surface area contributed by atoms with E-state index in [2.05, 4.69) is 15.9 Å². The maximum absolute atomic E-state index is 11.4. The van der Waals surface area contributed by atoms with E-state index in [1.54, 1.807) is 11.8 Å². The lowest BCUT2D eigenvalue weighted by Crippen LogP contribution is -2.27. The summed E-state index contributed by atoms with van der Waals surface area (Å²) >= 11 is 8.33. The Morgan fingerprint density at radius 1 is 1.56 bits per heavy atom. The Morgan fingerprint density at radius 2 is 2.22 bits per heavy atom. The number of ether oxygens (including phenoxy) is 1. The van der Waals surface area contributed by atoms with Gasteiger partial charge in [0, 0.05) is 22.8 Å². The number of rotatable bonds is 5. The lowest BCUT2D eigenvalue weighted by molar-refractivity contribution is -0.141. The third-order valence-corrected chi connectivity index (χ3v) is 3.21. The van der Waals surface area contributed by atoms with Gasteiger partial charge in [-0.2, -0.15) is 0 Å². The van der Waals surface area contributed by atoms with Crippen LogP contribution >= 0.6 is 28.1 Å². The summed E-state index contributed by atoms with van der Waals surface area (Å²) in [7, 11) is 1.82. The molecule has 0 aromatic heterocycles. The number of nitrogens with zero attached hydrogens (tertiary/aromatic N) is 1. The van der Waals surface area contributed by atoms with Crippen molar-refractivity contribution in [2.75, 3.05) is 25.1 Å². The van der Waals surface area contributed by atoms with E-state index < -0.39 is 0 Å². The zero-order valence-corrected chi connectivity index (χ0v) is 12.7. The largest absolute Gasteiger partial charge is 0.465 e. The van der Waals surface area contributed by atoms with Crippen molar-refractivity contribution in [2.24, 2.45) is 5.73 Å². The molecular formula is C12H15BrN2O2S. The minimum Gasteiger partial charge on any atom is -0.465 e. The zero-order valence-electron chi connectivity index (χ0n) is 10.3. The monoisotopic (exact) mass is 330 g/mol. The number of carbonyl (C=O) groups is 1. The van der Waals surface area contributed by atoms with Crippen LogP contribution in [0.4, 0.5) is 5.69 Å². The lowest BCUT2D eigenvalue weighted by Gasteiger charge is -2.19. The second-order valence-electron chi connectivity index (χ2n) is 3.69. The molecule has 1 aromatic rings. The molecule has 1 aromatic carbocycles. The molecule has 0 bridgehead atoms. The Kier molecular flexibility index (Phi) is 5.55. The van der Waals surface area contributed by atoms with Crippen molar-refractivity contribution < 1.29 is 9.53 Å². The normalized spacial score (nSPS) is 9.94. The zero-order chi connectivity index (χ0) is 13.7. The van der Waals surface area contributed by atoms with Gasteiger partial charge >= 0.3 is 5.97 Å². The van der Waals surface area contributed by atoms with Crippen molar-refractivity contribution in [3.8, 4) is 0 Å². The Labute approximate surface area is 120 Å². The summed E-state index contributed by atoms with van der Waals surface area (Å²) in [5.41, 5.74) is 7.24. The molecule has 4 nitrogen and oxygen atoms in total. The molecule has 98 valence electrons. The van der Waals surface area contributed by atoms with Gasteiger partial charge in [0.2, 0.25) is 0 Å². The van der Waals surface area contributed by atoms with Crippen molar-refractivity contribution in [2.45, 2.75) is 6.92 Å². The van der Waals surface area contributed by atoms with Crippen molar-refractivity contribution in [3.05, 3.63) is 28.2 Å². The minimum atomic E-state index is -0.255. The van der Waals surface area contributed by atoms with Gasteiger partial charge in [-0.25, -0.2) is 0 Å². The molecule has 0 radical (unpaired) electrons. The molecule has 0 aliphatic carbocycles. The van der Waals surface area contributed by atoms with Gasteiger partial charge in [0.1, 0.15) is 11.5 Å². The molecule has 18 heavy (non-hydrogen) atoms. The van der Waals surface area contributed by atoms with E-state index in [0.717, 1.165) is 15.7 Å². The average molecular weight is 331 g/mol. The van der Waals surface area contributed by atoms with Gasteiger partial charge in [-0.1, -0.05) is 12.2 Å². The fourth-order valence-corrected chi connectivity index (χ4v) is 2.32. The predicted molar refractivity (Wildman–Crippen MR) is 79.9 cm³/mol. The number of esters is 1. The van der Waals surface area contributed by atoms with Crippen LogP contribution in [0, 0.1) is 0 Å². The first-order valence-corrected chi connectivity index (χ1v) is 6.62. The topological polar surface area (TPSA) is 55.6 Å². The molecule has 0 fully saturated rings. The molecule has 0 atom stereocenters. The molecule has 1 rings (SSSR count). The summed E-state index contributed by atoms with van der Waals surface area (Å²) in [5, 5.41) is 0. The standard InChI is InChI=1S/C12H15BrN2O2S/c1-3-17-11(16)7-15(2)8-4-5-9(12(14)18)10(13)6-8/h4-6H,3,7H2,1-2H3,(H2,14,18). The molecule has 0 saturated heterocycles. The first-order chi connectivity index (χ1) is 8.45. The SMILES string of the molecule is CCOC(=O)CN(C)c1ccc(C(N)=S)c(Br)c1. The van der Waals surface area contributed by atoms with Crippen molar-refractivity contribution >= 4 is 44.8 Å². The smallest absolute Gasteiger partial charge is 0.325 e. The predicted octanol–water partition coefficient (Wildman–Crippen LogP) is 2.08. The van der Waals surface area contributed by atoms with Gasteiger partial charge < -0.3 is 15.4 Å². The highest BCUT2D eigenvalue weighted by Crippen LogP contribution is 2.23. The van der Waals surface area contributed by atoms with Gasteiger partial charge in [0.05, 0.1) is 6.61 Å². The summed E-state index contributed by atoms with van der Waals surface area (Å²) in [6, 6.07) is 5.55. The molecular weight excluding hydrogens is 316 g/mol. The van der Waals surface area contributed by atoms with Crippen LogP contribution in [-0.4, -0.2) is 31.2 Å². The summed E-state index contributed by atoms with van der Waals surface area (Å²) in [6.07, 6.45) is 0. The van der Waals surface area contributed by atoms with E-state index in [9.17, 15) is 4.79 Å². The first-order valence-electron chi connectivity index (χ1n) is 5.41. The van der Waals surface area contributed by atoms with E-state index in [0.29, 0.717) is 11.6 Å². The highest BCUT2D eigenvalue weighted by molar-refractivity contribution is 9.10. The van der Waals surface area contributed by atoms with Gasteiger partial charge in [-0.3, -0.25) is 4.79 Å². The third kappa shape index (κ3) is 3.96. The molecule has 0 amide bonds. The minimum absolute atomic E-state index is 0.201. The fraction of sp³-hybridized carbons (Fsp3) is 0.333. The first kappa shape index (κ1) is 14.9. The number of anilines is 1. The van der Waals surface area contributed by atoms with Gasteiger partial charge in [-0.15, -0.1) is 0 Å². The van der Waals surface area contributed by atoms with Crippen LogP contribution in [-0.2, 0) is 9.53 Å². The molecule has 0 heterocycles. The molecule has 0 aliphatic heterocycles. The second kappa shape index (κ2) is 6.70. The number of halogens is 1. The summed E-state index contributed by atoms with van der Waals surface area (Å²) in [6.45, 7) is 2.37. The number of benzene rings is 1. The van der Waals surface area contributed by atoms with Crippen LogP contribution in [0.25, 0.3) is 0 Å². The number of hydrogen-bond donors (Lipinski definition) is 1.